The van der Waals surface area contributed by atoms with E-state index < -0.39 is 47.0 Å². The van der Waals surface area contributed by atoms with E-state index in [1.54, 1.807) is 42.5 Å². The van der Waals surface area contributed by atoms with Gasteiger partial charge in [0, 0.05) is 34.3 Å². The molecule has 0 saturated carbocycles. The van der Waals surface area contributed by atoms with Gasteiger partial charge in [0.15, 0.2) is 0 Å². The van der Waals surface area contributed by atoms with Crippen molar-refractivity contribution in [2.75, 3.05) is 12.4 Å². The molecule has 10 heteroatoms. The summed E-state index contributed by atoms with van der Waals surface area (Å²) >= 11 is 6.24. The van der Waals surface area contributed by atoms with Crippen LogP contribution in [0.4, 0.5) is 5.69 Å². The lowest BCUT2D eigenvalue weighted by molar-refractivity contribution is -0.143. The number of likely N-dealkylation sites (tertiary alicyclic amines) is 1. The van der Waals surface area contributed by atoms with Crippen molar-refractivity contribution < 1.29 is 23.9 Å². The minimum absolute atomic E-state index is 0.00890. The van der Waals surface area contributed by atoms with Crippen LogP contribution in [0.1, 0.15) is 24.0 Å². The van der Waals surface area contributed by atoms with Crippen LogP contribution in [0.5, 0.6) is 5.75 Å². The topological polar surface area (TPSA) is 131 Å². The number of carbonyl (C=O) groups is 4. The molecule has 0 bridgehead atoms. The molecule has 34 heavy (non-hydrogen) atoms. The fraction of sp³-hybridized carbons (Fsp3) is 0.333. The van der Waals surface area contributed by atoms with Gasteiger partial charge in [0.05, 0.1) is 25.5 Å². The van der Waals surface area contributed by atoms with Gasteiger partial charge in [-0.3, -0.25) is 29.4 Å². The zero-order valence-electron chi connectivity index (χ0n) is 18.3. The van der Waals surface area contributed by atoms with Gasteiger partial charge in [-0.15, -0.1) is 0 Å². The average Bonchev–Trinajstić information content (AvgIpc) is 3.39. The number of ether oxygens (including phenoxy) is 1. The first kappa shape index (κ1) is 22.4. The fourth-order valence-corrected chi connectivity index (χ4v) is 5.71. The number of nitrogens with zero attached hydrogens (tertiary/aromatic N) is 1. The summed E-state index contributed by atoms with van der Waals surface area (Å²) in [7, 11) is 1.52. The molecule has 4 amide bonds. The van der Waals surface area contributed by atoms with Crippen LogP contribution in [0.25, 0.3) is 0 Å². The molecule has 4 N–H and O–H groups in total. The number of nitrogens with one attached hydrogen (secondary N) is 2. The first-order valence-corrected chi connectivity index (χ1v) is 11.3. The van der Waals surface area contributed by atoms with Crippen LogP contribution in [-0.4, -0.2) is 41.7 Å². The second-order valence-electron chi connectivity index (χ2n) is 8.79. The number of methoxy groups -OCH3 is 1. The van der Waals surface area contributed by atoms with Gasteiger partial charge >= 0.3 is 0 Å². The molecule has 0 radical (unpaired) electrons. The molecule has 9 nitrogen and oxygen atoms in total. The molecule has 3 heterocycles. The van der Waals surface area contributed by atoms with Crippen molar-refractivity contribution in [3.63, 3.8) is 0 Å². The molecule has 0 unspecified atom stereocenters. The van der Waals surface area contributed by atoms with Crippen LogP contribution >= 0.6 is 11.6 Å². The molecule has 3 aliphatic rings. The number of para-hydroxylation sites is 1. The van der Waals surface area contributed by atoms with Crippen molar-refractivity contribution in [3.05, 3.63) is 58.6 Å². The maximum absolute atomic E-state index is 13.8. The van der Waals surface area contributed by atoms with Crippen molar-refractivity contribution in [3.8, 4) is 5.75 Å². The fourth-order valence-electron chi connectivity index (χ4n) is 5.54. The minimum Gasteiger partial charge on any atom is -0.496 e. The number of carbonyl (C=O) groups excluding carboxylic acids is 4. The molecule has 2 fully saturated rings. The van der Waals surface area contributed by atoms with E-state index in [1.165, 1.54) is 12.0 Å². The van der Waals surface area contributed by atoms with Gasteiger partial charge in [0.2, 0.25) is 23.6 Å². The predicted molar refractivity (Wildman–Crippen MR) is 123 cm³/mol. The standard InChI is InChI=1S/C24H23ClN4O5/c1-34-17-5-3-2-4-12(17)11-29-21(31)19-16(8-9-18(26)30)28-24(20(19)22(29)32)14-10-13(25)6-7-15(14)27-23(24)33/h2-7,10,16,19-20,28H,8-9,11H2,1H3,(H2,26,30)(H,27,33)/t16-,19+,20+,24-/m1/s1. The second-order valence-corrected chi connectivity index (χ2v) is 9.22. The Kier molecular flexibility index (Phi) is 5.33. The number of nitrogens with two attached hydrogens (primary N) is 1. The summed E-state index contributed by atoms with van der Waals surface area (Å²) < 4.78 is 5.38. The number of halogens is 1. The Bertz CT molecular complexity index is 1230. The average molecular weight is 483 g/mol. The zero-order valence-corrected chi connectivity index (χ0v) is 19.1. The second kappa shape index (κ2) is 8.11. The Labute approximate surface area is 200 Å². The number of hydrogen-bond donors (Lipinski definition) is 3. The number of primary amides is 1. The third-order valence-corrected chi connectivity index (χ3v) is 7.23. The van der Waals surface area contributed by atoms with E-state index in [9.17, 15) is 19.2 Å². The van der Waals surface area contributed by atoms with Gasteiger partial charge in [-0.05, 0) is 30.7 Å². The molecule has 3 aliphatic heterocycles. The Hall–Kier alpha value is -3.43. The van der Waals surface area contributed by atoms with E-state index in [-0.39, 0.29) is 19.4 Å². The van der Waals surface area contributed by atoms with E-state index in [0.717, 1.165) is 0 Å². The van der Waals surface area contributed by atoms with Crippen LogP contribution in [0, 0.1) is 11.8 Å². The van der Waals surface area contributed by atoms with Crippen molar-refractivity contribution in [2.24, 2.45) is 17.6 Å². The van der Waals surface area contributed by atoms with E-state index in [0.29, 0.717) is 27.6 Å². The van der Waals surface area contributed by atoms with Crippen LogP contribution in [-0.2, 0) is 31.3 Å². The first-order valence-electron chi connectivity index (χ1n) is 10.9. The molecule has 2 aromatic rings. The monoisotopic (exact) mass is 482 g/mol. The number of hydrogen-bond acceptors (Lipinski definition) is 6. The molecule has 0 aliphatic carbocycles. The lowest BCUT2D eigenvalue weighted by Gasteiger charge is -2.29. The molecule has 2 saturated heterocycles. The van der Waals surface area contributed by atoms with Crippen molar-refractivity contribution in [1.29, 1.82) is 0 Å². The minimum atomic E-state index is -1.48. The summed E-state index contributed by atoms with van der Waals surface area (Å²) in [6, 6.07) is 11.5. The molecule has 4 atom stereocenters. The Morgan fingerprint density at radius 3 is 2.68 bits per heavy atom. The lowest BCUT2D eigenvalue weighted by Crippen LogP contribution is -2.53. The van der Waals surface area contributed by atoms with Gasteiger partial charge in [-0.25, -0.2) is 0 Å². The van der Waals surface area contributed by atoms with Gasteiger partial charge in [-0.2, -0.15) is 0 Å². The number of imide groups is 1. The summed E-state index contributed by atoms with van der Waals surface area (Å²) in [6.07, 6.45) is 0.220. The Balaban J connectivity index is 1.59. The van der Waals surface area contributed by atoms with Crippen molar-refractivity contribution >= 4 is 40.9 Å². The highest BCUT2D eigenvalue weighted by Gasteiger charge is 2.70. The van der Waals surface area contributed by atoms with E-state index in [4.69, 9.17) is 22.1 Å². The number of amides is 4. The molecular weight excluding hydrogens is 460 g/mol. The zero-order chi connectivity index (χ0) is 24.2. The lowest BCUT2D eigenvalue weighted by atomic mass is 9.76. The summed E-state index contributed by atoms with van der Waals surface area (Å²) in [5, 5.41) is 6.47. The molecule has 176 valence electrons. The van der Waals surface area contributed by atoms with Gasteiger partial charge in [-0.1, -0.05) is 29.8 Å². The van der Waals surface area contributed by atoms with E-state index in [1.807, 2.05) is 0 Å². The van der Waals surface area contributed by atoms with Gasteiger partial charge < -0.3 is 15.8 Å². The molecule has 2 aromatic carbocycles. The first-order chi connectivity index (χ1) is 16.3. The number of anilines is 1. The third kappa shape index (κ3) is 3.19. The van der Waals surface area contributed by atoms with Crippen LogP contribution < -0.4 is 21.1 Å². The quantitative estimate of drug-likeness (QED) is 0.535. The van der Waals surface area contributed by atoms with Crippen LogP contribution in [0.15, 0.2) is 42.5 Å². The number of fused-ring (bicyclic) bond motifs is 4. The third-order valence-electron chi connectivity index (χ3n) is 6.99. The highest BCUT2D eigenvalue weighted by atomic mass is 35.5. The van der Waals surface area contributed by atoms with Gasteiger partial charge in [0.25, 0.3) is 0 Å². The Morgan fingerprint density at radius 2 is 1.94 bits per heavy atom. The van der Waals surface area contributed by atoms with Crippen molar-refractivity contribution in [2.45, 2.75) is 31.0 Å². The maximum atomic E-state index is 13.8. The van der Waals surface area contributed by atoms with Gasteiger partial charge in [0.1, 0.15) is 11.3 Å². The smallest absolute Gasteiger partial charge is 0.250 e. The molecule has 5 rings (SSSR count). The van der Waals surface area contributed by atoms with E-state index >= 15 is 0 Å². The summed E-state index contributed by atoms with van der Waals surface area (Å²) in [4.78, 5) is 53.5. The summed E-state index contributed by atoms with van der Waals surface area (Å²) in [5.41, 5.74) is 5.59. The SMILES string of the molecule is COc1ccccc1CN1C(=O)[C@@H]2[C@@H](C1=O)[C@@]1(N[C@@H]2CCC(N)=O)C(=O)Nc2ccc(Cl)cc21. The Morgan fingerprint density at radius 1 is 1.18 bits per heavy atom. The maximum Gasteiger partial charge on any atom is 0.250 e. The highest BCUT2D eigenvalue weighted by molar-refractivity contribution is 6.31. The van der Waals surface area contributed by atoms with E-state index in [2.05, 4.69) is 10.6 Å². The largest absolute Gasteiger partial charge is 0.496 e. The highest BCUT2D eigenvalue weighted by Crippen LogP contribution is 2.54. The molecule has 1 spiro atoms. The van der Waals surface area contributed by atoms with Crippen LogP contribution in [0.3, 0.4) is 0 Å². The summed E-state index contributed by atoms with van der Waals surface area (Å²) in [5.74, 6) is -3.09. The molecular formula is C24H23ClN4O5. The normalized spacial score (nSPS) is 27.2. The van der Waals surface area contributed by atoms with Crippen LogP contribution in [0.2, 0.25) is 5.02 Å². The van der Waals surface area contributed by atoms with Crippen molar-refractivity contribution in [1.82, 2.24) is 10.2 Å². The predicted octanol–water partition coefficient (Wildman–Crippen LogP) is 1.53. The number of rotatable bonds is 6. The number of benzene rings is 2. The molecule has 0 aromatic heterocycles. The summed E-state index contributed by atoms with van der Waals surface area (Å²) in [6.45, 7) is 0.0112.